The van der Waals surface area contributed by atoms with Crippen LogP contribution in [0.1, 0.15) is 20.3 Å². The molecule has 0 spiro atoms. The van der Waals surface area contributed by atoms with Gasteiger partial charge in [-0.15, -0.1) is 0 Å². The number of carbonyl (C=O) groups excluding carboxylic acids is 1. The van der Waals surface area contributed by atoms with Crippen LogP contribution < -0.4 is 14.8 Å². The van der Waals surface area contributed by atoms with Crippen LogP contribution in [0.15, 0.2) is 48.5 Å². The van der Waals surface area contributed by atoms with Gasteiger partial charge in [0.2, 0.25) is 0 Å². The van der Waals surface area contributed by atoms with Gasteiger partial charge in [-0.1, -0.05) is 30.7 Å². The Morgan fingerprint density at radius 2 is 1.87 bits per heavy atom. The number of anilines is 1. The largest absolute Gasteiger partial charge is 0.494 e. The normalized spacial score (nSPS) is 11.6. The van der Waals surface area contributed by atoms with E-state index in [4.69, 9.17) is 21.1 Å². The zero-order valence-electron chi connectivity index (χ0n) is 13.2. The van der Waals surface area contributed by atoms with Gasteiger partial charge >= 0.3 is 0 Å². The highest BCUT2D eigenvalue weighted by Gasteiger charge is 2.18. The minimum Gasteiger partial charge on any atom is -0.494 e. The zero-order valence-corrected chi connectivity index (χ0v) is 14.0. The lowest BCUT2D eigenvalue weighted by atomic mass is 10.2. The molecule has 0 bridgehead atoms. The number of ether oxygens (including phenoxy) is 2. The summed E-state index contributed by atoms with van der Waals surface area (Å²) in [4.78, 5) is 12.4. The molecule has 0 unspecified atom stereocenters. The SMILES string of the molecule is CCOc1cccc(NC(=O)[C@@H](CC)Oc2cccc(Cl)c2)c1. The molecule has 122 valence electrons. The fourth-order valence-corrected chi connectivity index (χ4v) is 2.26. The number of nitrogens with one attached hydrogen (secondary N) is 1. The van der Waals surface area contributed by atoms with Crippen molar-refractivity contribution >= 4 is 23.2 Å². The Labute approximate surface area is 141 Å². The smallest absolute Gasteiger partial charge is 0.265 e. The molecule has 1 N–H and O–H groups in total. The summed E-state index contributed by atoms with van der Waals surface area (Å²) >= 11 is 5.93. The maximum Gasteiger partial charge on any atom is 0.265 e. The van der Waals surface area contributed by atoms with Gasteiger partial charge in [-0.25, -0.2) is 0 Å². The molecule has 2 aromatic carbocycles. The summed E-state index contributed by atoms with van der Waals surface area (Å²) in [5.41, 5.74) is 0.675. The van der Waals surface area contributed by atoms with Crippen LogP contribution in [-0.2, 0) is 4.79 Å². The molecule has 5 heteroatoms. The average molecular weight is 334 g/mol. The van der Waals surface area contributed by atoms with Crippen molar-refractivity contribution in [1.82, 2.24) is 0 Å². The Morgan fingerprint density at radius 1 is 1.13 bits per heavy atom. The second kappa shape index (κ2) is 8.44. The molecule has 0 aliphatic rings. The van der Waals surface area contributed by atoms with Crippen molar-refractivity contribution in [2.45, 2.75) is 26.4 Å². The summed E-state index contributed by atoms with van der Waals surface area (Å²) in [6, 6.07) is 14.3. The van der Waals surface area contributed by atoms with Gasteiger partial charge in [0.15, 0.2) is 6.10 Å². The predicted octanol–water partition coefficient (Wildman–Crippen LogP) is 4.53. The molecule has 0 aliphatic heterocycles. The highest BCUT2D eigenvalue weighted by atomic mass is 35.5. The third-order valence-corrected chi connectivity index (χ3v) is 3.39. The van der Waals surface area contributed by atoms with E-state index < -0.39 is 6.10 Å². The Morgan fingerprint density at radius 3 is 2.57 bits per heavy atom. The van der Waals surface area contributed by atoms with Crippen molar-refractivity contribution in [2.24, 2.45) is 0 Å². The fraction of sp³-hybridized carbons (Fsp3) is 0.278. The first kappa shape index (κ1) is 17.2. The molecule has 0 saturated carbocycles. The maximum absolute atomic E-state index is 12.4. The lowest BCUT2D eigenvalue weighted by Gasteiger charge is -2.17. The van der Waals surface area contributed by atoms with Crippen molar-refractivity contribution in [2.75, 3.05) is 11.9 Å². The summed E-state index contributed by atoms with van der Waals surface area (Å²) in [5, 5.41) is 3.42. The van der Waals surface area contributed by atoms with Crippen molar-refractivity contribution < 1.29 is 14.3 Å². The molecule has 0 radical (unpaired) electrons. The maximum atomic E-state index is 12.4. The van der Waals surface area contributed by atoms with Gasteiger partial charge in [-0.05, 0) is 43.7 Å². The molecular formula is C18H20ClNO3. The minimum atomic E-state index is -0.593. The molecule has 1 atom stereocenters. The van der Waals surface area contributed by atoms with Gasteiger partial charge in [0.1, 0.15) is 11.5 Å². The fourth-order valence-electron chi connectivity index (χ4n) is 2.08. The molecule has 1 amide bonds. The van der Waals surface area contributed by atoms with Crippen LogP contribution in [0.5, 0.6) is 11.5 Å². The first-order chi connectivity index (χ1) is 11.1. The van der Waals surface area contributed by atoms with E-state index in [9.17, 15) is 4.79 Å². The lowest BCUT2D eigenvalue weighted by Crippen LogP contribution is -2.32. The molecule has 23 heavy (non-hydrogen) atoms. The van der Waals surface area contributed by atoms with Crippen LogP contribution in [0.3, 0.4) is 0 Å². The van der Waals surface area contributed by atoms with Crippen molar-refractivity contribution in [3.63, 3.8) is 0 Å². The Kier molecular flexibility index (Phi) is 6.29. The number of carbonyl (C=O) groups is 1. The second-order valence-electron chi connectivity index (χ2n) is 4.92. The van der Waals surface area contributed by atoms with Crippen LogP contribution in [-0.4, -0.2) is 18.6 Å². The number of hydrogen-bond donors (Lipinski definition) is 1. The van der Waals surface area contributed by atoms with E-state index in [2.05, 4.69) is 5.32 Å². The number of rotatable bonds is 7. The minimum absolute atomic E-state index is 0.207. The first-order valence-electron chi connectivity index (χ1n) is 7.58. The van der Waals surface area contributed by atoms with Crippen molar-refractivity contribution in [3.8, 4) is 11.5 Å². The van der Waals surface area contributed by atoms with E-state index in [-0.39, 0.29) is 5.91 Å². The molecule has 0 aliphatic carbocycles. The highest BCUT2D eigenvalue weighted by molar-refractivity contribution is 6.30. The monoisotopic (exact) mass is 333 g/mol. The second-order valence-corrected chi connectivity index (χ2v) is 5.36. The Bertz CT molecular complexity index is 660. The molecule has 0 saturated heterocycles. The quantitative estimate of drug-likeness (QED) is 0.809. The van der Waals surface area contributed by atoms with E-state index in [0.29, 0.717) is 35.2 Å². The Balaban J connectivity index is 2.03. The van der Waals surface area contributed by atoms with Crippen LogP contribution in [0.4, 0.5) is 5.69 Å². The molecule has 4 nitrogen and oxygen atoms in total. The molecule has 0 aromatic heterocycles. The third kappa shape index (κ3) is 5.18. The summed E-state index contributed by atoms with van der Waals surface area (Å²) in [7, 11) is 0. The van der Waals surface area contributed by atoms with Gasteiger partial charge < -0.3 is 14.8 Å². The molecular weight excluding hydrogens is 314 g/mol. The van der Waals surface area contributed by atoms with Gasteiger partial charge in [0, 0.05) is 16.8 Å². The van der Waals surface area contributed by atoms with E-state index in [1.165, 1.54) is 0 Å². The van der Waals surface area contributed by atoms with Gasteiger partial charge in [-0.2, -0.15) is 0 Å². The highest BCUT2D eigenvalue weighted by Crippen LogP contribution is 2.21. The molecule has 2 aromatic rings. The number of amides is 1. The molecule has 2 rings (SSSR count). The summed E-state index contributed by atoms with van der Waals surface area (Å²) < 4.78 is 11.2. The van der Waals surface area contributed by atoms with Crippen molar-refractivity contribution in [1.29, 1.82) is 0 Å². The van der Waals surface area contributed by atoms with Gasteiger partial charge in [0.25, 0.3) is 5.91 Å². The topological polar surface area (TPSA) is 47.6 Å². The van der Waals surface area contributed by atoms with E-state index in [0.717, 1.165) is 0 Å². The summed E-state index contributed by atoms with van der Waals surface area (Å²) in [6.07, 6.45) is -0.0482. The standard InChI is InChI=1S/C18H20ClNO3/c1-3-17(23-16-10-5-7-13(19)11-16)18(21)20-14-8-6-9-15(12-14)22-4-2/h5-12,17H,3-4H2,1-2H3,(H,20,21)/t17-/m1/s1. The lowest BCUT2D eigenvalue weighted by molar-refractivity contribution is -0.122. The van der Waals surface area contributed by atoms with Gasteiger partial charge in [0.05, 0.1) is 6.61 Å². The van der Waals surface area contributed by atoms with Gasteiger partial charge in [-0.3, -0.25) is 4.79 Å². The van der Waals surface area contributed by atoms with E-state index in [1.54, 1.807) is 30.3 Å². The number of halogens is 1. The Hall–Kier alpha value is -2.20. The van der Waals surface area contributed by atoms with Crippen LogP contribution in [0, 0.1) is 0 Å². The van der Waals surface area contributed by atoms with Crippen molar-refractivity contribution in [3.05, 3.63) is 53.6 Å². The van der Waals surface area contributed by atoms with E-state index >= 15 is 0 Å². The van der Waals surface area contributed by atoms with Crippen LogP contribution in [0.25, 0.3) is 0 Å². The average Bonchev–Trinajstić information content (AvgIpc) is 2.53. The zero-order chi connectivity index (χ0) is 16.7. The van der Waals surface area contributed by atoms with E-state index in [1.807, 2.05) is 32.0 Å². The molecule has 0 heterocycles. The summed E-state index contributed by atoms with van der Waals surface area (Å²) in [6.45, 7) is 4.38. The predicted molar refractivity (Wildman–Crippen MR) is 92.4 cm³/mol. The third-order valence-electron chi connectivity index (χ3n) is 3.15. The number of benzene rings is 2. The summed E-state index contributed by atoms with van der Waals surface area (Å²) in [5.74, 6) is 1.08. The van der Waals surface area contributed by atoms with Crippen LogP contribution >= 0.6 is 11.6 Å². The first-order valence-corrected chi connectivity index (χ1v) is 7.96. The molecule has 0 fully saturated rings. The number of hydrogen-bond acceptors (Lipinski definition) is 3. The van der Waals surface area contributed by atoms with Crippen LogP contribution in [0.2, 0.25) is 5.02 Å².